The van der Waals surface area contributed by atoms with Crippen molar-refractivity contribution in [1.29, 1.82) is 0 Å². The van der Waals surface area contributed by atoms with Gasteiger partial charge in [0.15, 0.2) is 0 Å². The van der Waals surface area contributed by atoms with Crippen molar-refractivity contribution in [3.05, 3.63) is 46.9 Å². The predicted octanol–water partition coefficient (Wildman–Crippen LogP) is 2.47. The Morgan fingerprint density at radius 3 is 3.05 bits per heavy atom. The summed E-state index contributed by atoms with van der Waals surface area (Å²) in [7, 11) is 0. The van der Waals surface area contributed by atoms with Gasteiger partial charge in [-0.25, -0.2) is 9.97 Å². The summed E-state index contributed by atoms with van der Waals surface area (Å²) in [4.78, 5) is 8.70. The van der Waals surface area contributed by atoms with Gasteiger partial charge in [-0.3, -0.25) is 0 Å². The van der Waals surface area contributed by atoms with Gasteiger partial charge in [-0.2, -0.15) is 0 Å². The van der Waals surface area contributed by atoms with Crippen molar-refractivity contribution in [2.24, 2.45) is 0 Å². The highest BCUT2D eigenvalue weighted by Gasteiger charge is 2.16. The molecule has 1 aliphatic rings. The second-order valence-corrected chi connectivity index (χ2v) is 4.99. The van der Waals surface area contributed by atoms with E-state index < -0.39 is 0 Å². The van der Waals surface area contributed by atoms with Crippen LogP contribution in [-0.2, 0) is 19.4 Å². The first kappa shape index (κ1) is 12.0. The molecular weight excluding hydrogens is 236 g/mol. The third kappa shape index (κ3) is 2.26. The number of nitrogen functional groups attached to an aromatic ring is 1. The van der Waals surface area contributed by atoms with Crippen LogP contribution in [0.3, 0.4) is 0 Å². The number of anilines is 2. The number of aromatic nitrogens is 2. The van der Waals surface area contributed by atoms with E-state index in [4.69, 9.17) is 5.73 Å². The van der Waals surface area contributed by atoms with Crippen molar-refractivity contribution in [2.45, 2.75) is 32.7 Å². The first-order chi connectivity index (χ1) is 9.25. The average molecular weight is 254 g/mol. The lowest BCUT2D eigenvalue weighted by molar-refractivity contribution is 0.899. The van der Waals surface area contributed by atoms with E-state index in [0.29, 0.717) is 0 Å². The van der Waals surface area contributed by atoms with Crippen LogP contribution in [0.2, 0.25) is 0 Å². The van der Waals surface area contributed by atoms with Gasteiger partial charge in [0.05, 0.1) is 0 Å². The molecule has 0 radical (unpaired) electrons. The number of hydrogen-bond donors (Lipinski definition) is 2. The fourth-order valence-corrected chi connectivity index (χ4v) is 2.59. The highest BCUT2D eigenvalue weighted by atomic mass is 15.0. The SMILES string of the molecule is Cc1c(N)cccc1CNc1ncnc2c1CCC2. The summed E-state index contributed by atoms with van der Waals surface area (Å²) in [5, 5.41) is 3.42. The Bertz CT molecular complexity index is 607. The molecule has 1 aromatic heterocycles. The maximum Gasteiger partial charge on any atom is 0.133 e. The van der Waals surface area contributed by atoms with Gasteiger partial charge in [-0.05, 0) is 43.4 Å². The van der Waals surface area contributed by atoms with Crippen LogP contribution in [0.25, 0.3) is 0 Å². The molecule has 0 amide bonds. The van der Waals surface area contributed by atoms with E-state index in [2.05, 4.69) is 28.3 Å². The summed E-state index contributed by atoms with van der Waals surface area (Å²) < 4.78 is 0. The molecule has 0 aliphatic heterocycles. The zero-order chi connectivity index (χ0) is 13.2. The summed E-state index contributed by atoms with van der Waals surface area (Å²) in [6, 6.07) is 6.02. The molecule has 0 spiro atoms. The van der Waals surface area contributed by atoms with Crippen LogP contribution in [0.1, 0.15) is 28.8 Å². The topological polar surface area (TPSA) is 63.8 Å². The zero-order valence-electron chi connectivity index (χ0n) is 11.1. The predicted molar refractivity (Wildman–Crippen MR) is 77.0 cm³/mol. The van der Waals surface area contributed by atoms with Crippen LogP contribution in [0.4, 0.5) is 11.5 Å². The van der Waals surface area contributed by atoms with Gasteiger partial charge < -0.3 is 11.1 Å². The van der Waals surface area contributed by atoms with Gasteiger partial charge in [0.25, 0.3) is 0 Å². The Hall–Kier alpha value is -2.10. The summed E-state index contributed by atoms with van der Waals surface area (Å²) in [5.41, 5.74) is 11.6. The lowest BCUT2D eigenvalue weighted by Crippen LogP contribution is -2.07. The van der Waals surface area contributed by atoms with Crippen LogP contribution in [0, 0.1) is 6.92 Å². The van der Waals surface area contributed by atoms with Gasteiger partial charge in [0.2, 0.25) is 0 Å². The number of fused-ring (bicyclic) bond motifs is 1. The van der Waals surface area contributed by atoms with Crippen molar-refractivity contribution in [2.75, 3.05) is 11.1 Å². The van der Waals surface area contributed by atoms with Crippen molar-refractivity contribution in [3.63, 3.8) is 0 Å². The maximum atomic E-state index is 5.93. The van der Waals surface area contributed by atoms with E-state index in [0.717, 1.165) is 36.5 Å². The summed E-state index contributed by atoms with van der Waals surface area (Å²) >= 11 is 0. The molecule has 4 heteroatoms. The number of nitrogens with zero attached hydrogens (tertiary/aromatic N) is 2. The second kappa shape index (κ2) is 4.88. The number of nitrogens with two attached hydrogens (primary N) is 1. The van der Waals surface area contributed by atoms with Crippen molar-refractivity contribution in [3.8, 4) is 0 Å². The molecule has 0 saturated heterocycles. The molecule has 98 valence electrons. The minimum absolute atomic E-state index is 0.750. The summed E-state index contributed by atoms with van der Waals surface area (Å²) in [6.45, 7) is 2.80. The normalized spacial score (nSPS) is 13.3. The number of rotatable bonds is 3. The molecule has 1 aromatic carbocycles. The quantitative estimate of drug-likeness (QED) is 0.826. The lowest BCUT2D eigenvalue weighted by Gasteiger charge is -2.12. The Morgan fingerprint density at radius 1 is 1.26 bits per heavy atom. The molecule has 4 nitrogen and oxygen atoms in total. The van der Waals surface area contributed by atoms with Gasteiger partial charge >= 0.3 is 0 Å². The van der Waals surface area contributed by atoms with Gasteiger partial charge in [-0.15, -0.1) is 0 Å². The van der Waals surface area contributed by atoms with Crippen LogP contribution < -0.4 is 11.1 Å². The molecular formula is C15H18N4. The Labute approximate surface area is 113 Å². The van der Waals surface area contributed by atoms with Gasteiger partial charge in [-0.1, -0.05) is 12.1 Å². The molecule has 0 fully saturated rings. The van der Waals surface area contributed by atoms with Crippen molar-refractivity contribution in [1.82, 2.24) is 9.97 Å². The van der Waals surface area contributed by atoms with E-state index in [9.17, 15) is 0 Å². The molecule has 0 atom stereocenters. The number of hydrogen-bond acceptors (Lipinski definition) is 4. The summed E-state index contributed by atoms with van der Waals surface area (Å²) in [5.74, 6) is 0.976. The van der Waals surface area contributed by atoms with Gasteiger partial charge in [0.1, 0.15) is 12.1 Å². The highest BCUT2D eigenvalue weighted by Crippen LogP contribution is 2.25. The lowest BCUT2D eigenvalue weighted by atomic mass is 10.1. The molecule has 1 aliphatic carbocycles. The van der Waals surface area contributed by atoms with Crippen LogP contribution in [-0.4, -0.2) is 9.97 Å². The van der Waals surface area contributed by atoms with E-state index in [1.54, 1.807) is 6.33 Å². The van der Waals surface area contributed by atoms with E-state index in [1.165, 1.54) is 23.2 Å². The number of aryl methyl sites for hydroxylation is 1. The molecule has 0 saturated carbocycles. The molecule has 3 N–H and O–H groups in total. The third-order valence-electron chi connectivity index (χ3n) is 3.81. The standard InChI is InChI=1S/C15H18N4/c1-10-11(4-2-6-13(10)16)8-17-15-12-5-3-7-14(12)18-9-19-15/h2,4,6,9H,3,5,7-8,16H2,1H3,(H,17,18,19). The fraction of sp³-hybridized carbons (Fsp3) is 0.333. The van der Waals surface area contributed by atoms with Crippen molar-refractivity contribution < 1.29 is 0 Å². The van der Waals surface area contributed by atoms with Gasteiger partial charge in [0, 0.05) is 23.5 Å². The first-order valence-corrected chi connectivity index (χ1v) is 6.66. The Kier molecular flexibility index (Phi) is 3.07. The molecule has 0 bridgehead atoms. The largest absolute Gasteiger partial charge is 0.399 e. The van der Waals surface area contributed by atoms with Crippen LogP contribution >= 0.6 is 0 Å². The van der Waals surface area contributed by atoms with E-state index >= 15 is 0 Å². The molecule has 3 rings (SSSR count). The second-order valence-electron chi connectivity index (χ2n) is 4.99. The van der Waals surface area contributed by atoms with Crippen molar-refractivity contribution >= 4 is 11.5 Å². The molecule has 2 aromatic rings. The number of nitrogens with one attached hydrogen (secondary N) is 1. The Balaban J connectivity index is 1.80. The Morgan fingerprint density at radius 2 is 2.16 bits per heavy atom. The van der Waals surface area contributed by atoms with E-state index in [-0.39, 0.29) is 0 Å². The fourth-order valence-electron chi connectivity index (χ4n) is 2.59. The highest BCUT2D eigenvalue weighted by molar-refractivity contribution is 5.52. The molecule has 1 heterocycles. The van der Waals surface area contributed by atoms with Crippen LogP contribution in [0.5, 0.6) is 0 Å². The average Bonchev–Trinajstić information content (AvgIpc) is 2.89. The first-order valence-electron chi connectivity index (χ1n) is 6.66. The monoisotopic (exact) mass is 254 g/mol. The number of benzene rings is 1. The third-order valence-corrected chi connectivity index (χ3v) is 3.81. The zero-order valence-corrected chi connectivity index (χ0v) is 11.1. The molecule has 0 unspecified atom stereocenters. The maximum absolute atomic E-state index is 5.93. The minimum atomic E-state index is 0.750. The van der Waals surface area contributed by atoms with E-state index in [1.807, 2.05) is 12.1 Å². The minimum Gasteiger partial charge on any atom is -0.399 e. The smallest absolute Gasteiger partial charge is 0.133 e. The summed E-state index contributed by atoms with van der Waals surface area (Å²) in [6.07, 6.45) is 4.98. The van der Waals surface area contributed by atoms with Crippen LogP contribution in [0.15, 0.2) is 24.5 Å². The molecule has 19 heavy (non-hydrogen) atoms.